The zero-order valence-electron chi connectivity index (χ0n) is 10.8. The molecule has 20 heavy (non-hydrogen) atoms. The molecule has 0 atom stereocenters. The van der Waals surface area contributed by atoms with E-state index >= 15 is 0 Å². The Balaban J connectivity index is 2.12. The van der Waals surface area contributed by atoms with E-state index in [9.17, 15) is 14.5 Å². The molecule has 0 unspecified atom stereocenters. The molecule has 2 aromatic carbocycles. The van der Waals surface area contributed by atoms with Gasteiger partial charge in [-0.15, -0.1) is 0 Å². The summed E-state index contributed by atoms with van der Waals surface area (Å²) in [6.45, 7) is 0.399. The molecule has 104 valence electrons. The minimum atomic E-state index is -0.633. The third-order valence-electron chi connectivity index (χ3n) is 2.80. The van der Waals surface area contributed by atoms with Crippen LogP contribution >= 0.6 is 0 Å². The molecule has 0 aromatic heterocycles. The first-order valence-electron chi connectivity index (χ1n) is 5.91. The predicted octanol–water partition coefficient (Wildman–Crippen LogP) is 3.35. The number of nitro benzene ring substituents is 1. The molecule has 0 saturated heterocycles. The van der Waals surface area contributed by atoms with Gasteiger partial charge in [0.1, 0.15) is 17.3 Å². The number of nitrogens with zero attached hydrogens (tertiary/aromatic N) is 1. The van der Waals surface area contributed by atoms with Gasteiger partial charge in [0.15, 0.2) is 0 Å². The van der Waals surface area contributed by atoms with Gasteiger partial charge in [-0.1, -0.05) is 12.1 Å². The Morgan fingerprint density at radius 3 is 2.55 bits per heavy atom. The highest BCUT2D eigenvalue weighted by Crippen LogP contribution is 2.25. The van der Waals surface area contributed by atoms with Crippen molar-refractivity contribution in [2.75, 3.05) is 12.4 Å². The van der Waals surface area contributed by atoms with Gasteiger partial charge >= 0.3 is 0 Å². The molecule has 0 amide bonds. The molecule has 0 bridgehead atoms. The Morgan fingerprint density at radius 1 is 1.25 bits per heavy atom. The summed E-state index contributed by atoms with van der Waals surface area (Å²) in [5.74, 6) is 0.105. The lowest BCUT2D eigenvalue weighted by atomic mass is 10.2. The fourth-order valence-corrected chi connectivity index (χ4v) is 1.75. The second-order valence-corrected chi connectivity index (χ2v) is 4.12. The summed E-state index contributed by atoms with van der Waals surface area (Å²) in [4.78, 5) is 10.2. The van der Waals surface area contributed by atoms with Crippen LogP contribution in [0, 0.1) is 15.9 Å². The molecule has 0 fully saturated rings. The van der Waals surface area contributed by atoms with Crippen molar-refractivity contribution in [1.29, 1.82) is 0 Å². The van der Waals surface area contributed by atoms with Crippen molar-refractivity contribution in [3.63, 3.8) is 0 Å². The summed E-state index contributed by atoms with van der Waals surface area (Å²) in [5.41, 5.74) is 0.940. The monoisotopic (exact) mass is 276 g/mol. The number of hydrogen-bond donors (Lipinski definition) is 1. The van der Waals surface area contributed by atoms with Gasteiger partial charge in [0.2, 0.25) is 0 Å². The maximum Gasteiger partial charge on any atom is 0.295 e. The first-order valence-corrected chi connectivity index (χ1v) is 5.91. The van der Waals surface area contributed by atoms with E-state index in [4.69, 9.17) is 4.74 Å². The molecular weight excluding hydrogens is 263 g/mol. The Kier molecular flexibility index (Phi) is 4.14. The van der Waals surface area contributed by atoms with E-state index in [0.29, 0.717) is 6.54 Å². The van der Waals surface area contributed by atoms with E-state index in [0.717, 1.165) is 17.4 Å². The average molecular weight is 276 g/mol. The van der Waals surface area contributed by atoms with Crippen LogP contribution in [0.5, 0.6) is 5.75 Å². The fraction of sp³-hybridized carbons (Fsp3) is 0.143. The number of benzene rings is 2. The van der Waals surface area contributed by atoms with Gasteiger partial charge in [0.05, 0.1) is 18.1 Å². The summed E-state index contributed by atoms with van der Waals surface area (Å²) in [6.07, 6.45) is 0. The number of hydrogen-bond acceptors (Lipinski definition) is 4. The molecule has 2 aromatic rings. The van der Waals surface area contributed by atoms with Crippen molar-refractivity contribution in [3.05, 3.63) is 64.0 Å². The molecular formula is C14H13FN2O3. The summed E-state index contributed by atoms with van der Waals surface area (Å²) in [6, 6.07) is 10.7. The topological polar surface area (TPSA) is 64.4 Å². The van der Waals surface area contributed by atoms with E-state index in [2.05, 4.69) is 5.32 Å². The van der Waals surface area contributed by atoms with Gasteiger partial charge in [-0.2, -0.15) is 0 Å². The molecule has 0 aliphatic carbocycles. The summed E-state index contributed by atoms with van der Waals surface area (Å²) >= 11 is 0. The standard InChI is InChI=1S/C14H13FN2O3/c1-20-12-5-2-10(3-6-12)9-16-13-7-4-11(15)8-14(13)17(18)19/h2-8,16H,9H2,1H3. The normalized spacial score (nSPS) is 10.1. The minimum Gasteiger partial charge on any atom is -0.497 e. The second kappa shape index (κ2) is 6.01. The quantitative estimate of drug-likeness (QED) is 0.671. The van der Waals surface area contributed by atoms with Gasteiger partial charge in [-0.25, -0.2) is 4.39 Å². The minimum absolute atomic E-state index is 0.279. The van der Waals surface area contributed by atoms with Crippen LogP contribution in [-0.4, -0.2) is 12.0 Å². The van der Waals surface area contributed by atoms with E-state index in [-0.39, 0.29) is 11.4 Å². The van der Waals surface area contributed by atoms with Crippen molar-refractivity contribution in [1.82, 2.24) is 0 Å². The smallest absolute Gasteiger partial charge is 0.295 e. The van der Waals surface area contributed by atoms with Gasteiger partial charge in [0, 0.05) is 6.54 Å². The molecule has 0 heterocycles. The Labute approximate surface area is 115 Å². The van der Waals surface area contributed by atoms with E-state index < -0.39 is 10.7 Å². The first-order chi connectivity index (χ1) is 9.60. The SMILES string of the molecule is COc1ccc(CNc2ccc(F)cc2[N+](=O)[O-])cc1. The van der Waals surface area contributed by atoms with Crippen LogP contribution in [0.2, 0.25) is 0 Å². The number of halogens is 1. The molecule has 0 radical (unpaired) electrons. The molecule has 1 N–H and O–H groups in total. The summed E-state index contributed by atoms with van der Waals surface area (Å²) in [7, 11) is 1.58. The number of anilines is 1. The van der Waals surface area contributed by atoms with Gasteiger partial charge in [0.25, 0.3) is 5.69 Å². The lowest BCUT2D eigenvalue weighted by molar-refractivity contribution is -0.384. The third kappa shape index (κ3) is 3.23. The molecule has 5 nitrogen and oxygen atoms in total. The number of nitrogens with one attached hydrogen (secondary N) is 1. The molecule has 6 heteroatoms. The van der Waals surface area contributed by atoms with Crippen molar-refractivity contribution in [3.8, 4) is 5.75 Å². The molecule has 0 saturated carbocycles. The van der Waals surface area contributed by atoms with Crippen LogP contribution < -0.4 is 10.1 Å². The largest absolute Gasteiger partial charge is 0.497 e. The van der Waals surface area contributed by atoms with Gasteiger partial charge < -0.3 is 10.1 Å². The lowest BCUT2D eigenvalue weighted by Crippen LogP contribution is -2.03. The highest BCUT2D eigenvalue weighted by atomic mass is 19.1. The van der Waals surface area contributed by atoms with E-state index in [1.807, 2.05) is 12.1 Å². The van der Waals surface area contributed by atoms with Crippen LogP contribution in [0.4, 0.5) is 15.8 Å². The molecule has 0 aliphatic heterocycles. The number of rotatable bonds is 5. The first kappa shape index (κ1) is 13.8. The number of methoxy groups -OCH3 is 1. The van der Waals surface area contributed by atoms with E-state index in [1.54, 1.807) is 19.2 Å². The Morgan fingerprint density at radius 2 is 1.95 bits per heavy atom. The Hall–Kier alpha value is -2.63. The van der Waals surface area contributed by atoms with Gasteiger partial charge in [-0.3, -0.25) is 10.1 Å². The van der Waals surface area contributed by atoms with Crippen molar-refractivity contribution >= 4 is 11.4 Å². The Bertz CT molecular complexity index is 614. The van der Waals surface area contributed by atoms with Crippen LogP contribution in [0.1, 0.15) is 5.56 Å². The third-order valence-corrected chi connectivity index (χ3v) is 2.80. The summed E-state index contributed by atoms with van der Waals surface area (Å²) in [5, 5.41) is 13.8. The number of nitro groups is 1. The second-order valence-electron chi connectivity index (χ2n) is 4.12. The number of ether oxygens (including phenoxy) is 1. The zero-order chi connectivity index (χ0) is 14.5. The van der Waals surface area contributed by atoms with Crippen LogP contribution in [0.3, 0.4) is 0 Å². The maximum absolute atomic E-state index is 13.0. The molecule has 0 aliphatic rings. The van der Waals surface area contributed by atoms with Gasteiger partial charge in [-0.05, 0) is 29.8 Å². The van der Waals surface area contributed by atoms with Crippen LogP contribution in [-0.2, 0) is 6.54 Å². The predicted molar refractivity (Wildman–Crippen MR) is 73.4 cm³/mol. The zero-order valence-corrected chi connectivity index (χ0v) is 10.8. The summed E-state index contributed by atoms with van der Waals surface area (Å²) < 4.78 is 18.1. The highest BCUT2D eigenvalue weighted by molar-refractivity contribution is 5.61. The van der Waals surface area contributed by atoms with E-state index in [1.165, 1.54) is 12.1 Å². The van der Waals surface area contributed by atoms with Crippen molar-refractivity contribution in [2.24, 2.45) is 0 Å². The lowest BCUT2D eigenvalue weighted by Gasteiger charge is -2.08. The van der Waals surface area contributed by atoms with Crippen LogP contribution in [0.25, 0.3) is 0 Å². The fourth-order valence-electron chi connectivity index (χ4n) is 1.75. The van der Waals surface area contributed by atoms with Crippen molar-refractivity contribution in [2.45, 2.75) is 6.54 Å². The van der Waals surface area contributed by atoms with Crippen LogP contribution in [0.15, 0.2) is 42.5 Å². The molecule has 0 spiro atoms. The average Bonchev–Trinajstić information content (AvgIpc) is 2.46. The highest BCUT2D eigenvalue weighted by Gasteiger charge is 2.14. The molecule has 2 rings (SSSR count). The van der Waals surface area contributed by atoms with Crippen molar-refractivity contribution < 1.29 is 14.1 Å². The maximum atomic E-state index is 13.0.